The van der Waals surface area contributed by atoms with Crippen LogP contribution in [0.3, 0.4) is 0 Å². The average Bonchev–Trinajstić information content (AvgIpc) is 3.06. The van der Waals surface area contributed by atoms with Crippen molar-refractivity contribution < 1.29 is 23.9 Å². The fourth-order valence-corrected chi connectivity index (χ4v) is 3.67. The number of esters is 1. The number of carbonyl (C=O) groups is 3. The van der Waals surface area contributed by atoms with Crippen molar-refractivity contribution in [1.29, 1.82) is 0 Å². The first kappa shape index (κ1) is 21.8. The summed E-state index contributed by atoms with van der Waals surface area (Å²) in [6, 6.07) is 10.8. The zero-order chi connectivity index (χ0) is 21.5. The van der Waals surface area contributed by atoms with Crippen LogP contribution >= 0.6 is 11.8 Å². The van der Waals surface area contributed by atoms with Crippen LogP contribution in [0.25, 0.3) is 0 Å². The van der Waals surface area contributed by atoms with Gasteiger partial charge < -0.3 is 14.8 Å². The molecule has 1 amide bonds. The monoisotopic (exact) mass is 428 g/mol. The lowest BCUT2D eigenvalue weighted by Crippen LogP contribution is -2.30. The molecule has 0 bridgehead atoms. The SMILES string of the molecule is CCc1ccc(C(COC(C)=O)COc2ccc(CC3NC(=O)SC3=O)cc2)nc1. The third-order valence-corrected chi connectivity index (χ3v) is 5.54. The Morgan fingerprint density at radius 2 is 1.87 bits per heavy atom. The Morgan fingerprint density at radius 1 is 1.13 bits per heavy atom. The Bertz CT molecular complexity index is 899. The highest BCUT2D eigenvalue weighted by Gasteiger charge is 2.31. The maximum absolute atomic E-state index is 11.7. The van der Waals surface area contributed by atoms with Crippen molar-refractivity contribution >= 4 is 28.1 Å². The van der Waals surface area contributed by atoms with E-state index in [4.69, 9.17) is 9.47 Å². The van der Waals surface area contributed by atoms with Crippen molar-refractivity contribution in [2.45, 2.75) is 38.6 Å². The summed E-state index contributed by atoms with van der Waals surface area (Å²) in [7, 11) is 0. The maximum atomic E-state index is 11.7. The minimum absolute atomic E-state index is 0.157. The Hall–Kier alpha value is -2.87. The molecule has 1 aromatic heterocycles. The van der Waals surface area contributed by atoms with Crippen molar-refractivity contribution in [2.24, 2.45) is 0 Å². The molecule has 1 saturated heterocycles. The second-order valence-electron chi connectivity index (χ2n) is 7.01. The van der Waals surface area contributed by atoms with Crippen LogP contribution in [-0.2, 0) is 27.2 Å². The molecule has 1 fully saturated rings. The fourth-order valence-electron chi connectivity index (χ4n) is 3.01. The lowest BCUT2D eigenvalue weighted by Gasteiger charge is -2.18. The summed E-state index contributed by atoms with van der Waals surface area (Å²) in [5, 5.41) is 2.19. The third kappa shape index (κ3) is 6.06. The molecular weight excluding hydrogens is 404 g/mol. The molecule has 0 radical (unpaired) electrons. The van der Waals surface area contributed by atoms with Gasteiger partial charge in [-0.05, 0) is 35.7 Å². The lowest BCUT2D eigenvalue weighted by molar-refractivity contribution is -0.141. The Labute approximate surface area is 179 Å². The van der Waals surface area contributed by atoms with E-state index in [0.29, 0.717) is 30.5 Å². The standard InChI is InChI=1S/C22H24N2O5S/c1-3-15-6-9-19(23-11-15)17(12-28-14(2)25)13-29-18-7-4-16(5-8-18)10-20-21(26)30-22(27)24-20/h4-9,11,17,20H,3,10,12-13H2,1-2H3,(H,24,27). The van der Waals surface area contributed by atoms with E-state index in [1.165, 1.54) is 6.92 Å². The number of nitrogens with zero attached hydrogens (tertiary/aromatic N) is 1. The average molecular weight is 429 g/mol. The molecule has 2 heterocycles. The smallest absolute Gasteiger partial charge is 0.302 e. The Balaban J connectivity index is 1.60. The number of thioether (sulfide) groups is 1. The summed E-state index contributed by atoms with van der Waals surface area (Å²) >= 11 is 0.714. The molecule has 158 valence electrons. The fraction of sp³-hybridized carbons (Fsp3) is 0.364. The van der Waals surface area contributed by atoms with Crippen LogP contribution in [-0.4, -0.2) is 40.6 Å². The van der Waals surface area contributed by atoms with Gasteiger partial charge >= 0.3 is 5.97 Å². The van der Waals surface area contributed by atoms with Gasteiger partial charge in [-0.3, -0.25) is 19.4 Å². The maximum Gasteiger partial charge on any atom is 0.302 e. The summed E-state index contributed by atoms with van der Waals surface area (Å²) < 4.78 is 11.1. The molecule has 0 saturated carbocycles. The molecule has 1 aliphatic heterocycles. The zero-order valence-electron chi connectivity index (χ0n) is 16.9. The molecule has 2 aromatic rings. The molecule has 3 rings (SSSR count). The largest absolute Gasteiger partial charge is 0.493 e. The first-order valence-electron chi connectivity index (χ1n) is 9.76. The molecule has 2 unspecified atom stereocenters. The molecular formula is C22H24N2O5S. The third-order valence-electron chi connectivity index (χ3n) is 4.75. The van der Waals surface area contributed by atoms with Crippen LogP contribution in [0, 0.1) is 0 Å². The van der Waals surface area contributed by atoms with E-state index in [9.17, 15) is 14.4 Å². The Kier molecular flexibility index (Phi) is 7.46. The highest BCUT2D eigenvalue weighted by Crippen LogP contribution is 2.22. The first-order chi connectivity index (χ1) is 14.4. The number of hydrogen-bond donors (Lipinski definition) is 1. The normalized spacial score (nSPS) is 16.8. The number of ether oxygens (including phenoxy) is 2. The first-order valence-corrected chi connectivity index (χ1v) is 10.6. The van der Waals surface area contributed by atoms with E-state index >= 15 is 0 Å². The second-order valence-corrected chi connectivity index (χ2v) is 7.99. The van der Waals surface area contributed by atoms with Gasteiger partial charge in [-0.2, -0.15) is 0 Å². The van der Waals surface area contributed by atoms with Gasteiger partial charge in [-0.25, -0.2) is 0 Å². The quantitative estimate of drug-likeness (QED) is 0.613. The van der Waals surface area contributed by atoms with Gasteiger partial charge in [0.15, 0.2) is 0 Å². The lowest BCUT2D eigenvalue weighted by atomic mass is 10.1. The molecule has 30 heavy (non-hydrogen) atoms. The van der Waals surface area contributed by atoms with Crippen LogP contribution in [0.2, 0.25) is 0 Å². The Morgan fingerprint density at radius 3 is 2.43 bits per heavy atom. The van der Waals surface area contributed by atoms with Crippen LogP contribution in [0.1, 0.15) is 36.6 Å². The molecule has 7 nitrogen and oxygen atoms in total. The molecule has 0 spiro atoms. The number of aromatic nitrogens is 1. The molecule has 8 heteroatoms. The number of carbonyl (C=O) groups excluding carboxylic acids is 3. The van der Waals surface area contributed by atoms with Gasteiger partial charge in [-0.15, -0.1) is 0 Å². The van der Waals surface area contributed by atoms with Crippen LogP contribution in [0.4, 0.5) is 4.79 Å². The van der Waals surface area contributed by atoms with E-state index in [1.807, 2.05) is 42.6 Å². The van der Waals surface area contributed by atoms with E-state index < -0.39 is 6.04 Å². The minimum atomic E-state index is -0.487. The van der Waals surface area contributed by atoms with Gasteiger partial charge in [0.05, 0.1) is 18.2 Å². The van der Waals surface area contributed by atoms with Gasteiger partial charge in [0.1, 0.15) is 18.4 Å². The van der Waals surface area contributed by atoms with Gasteiger partial charge in [0, 0.05) is 31.3 Å². The van der Waals surface area contributed by atoms with Crippen molar-refractivity contribution in [2.75, 3.05) is 13.2 Å². The number of aryl methyl sites for hydroxylation is 1. The summed E-state index contributed by atoms with van der Waals surface area (Å²) in [6.07, 6.45) is 3.17. The molecule has 1 aliphatic rings. The highest BCUT2D eigenvalue weighted by atomic mass is 32.2. The number of nitrogens with one attached hydrogen (secondary N) is 1. The van der Waals surface area contributed by atoms with Crippen LogP contribution in [0.5, 0.6) is 5.75 Å². The predicted molar refractivity (Wildman–Crippen MR) is 114 cm³/mol. The zero-order valence-corrected chi connectivity index (χ0v) is 17.7. The van der Waals surface area contributed by atoms with E-state index in [1.54, 1.807) is 0 Å². The van der Waals surface area contributed by atoms with Crippen LogP contribution in [0.15, 0.2) is 42.6 Å². The molecule has 0 aliphatic carbocycles. The second kappa shape index (κ2) is 10.2. The number of pyridine rings is 1. The van der Waals surface area contributed by atoms with E-state index in [2.05, 4.69) is 17.2 Å². The predicted octanol–water partition coefficient (Wildman–Crippen LogP) is 3.26. The number of hydrogen-bond acceptors (Lipinski definition) is 7. The molecule has 1 aromatic carbocycles. The number of amides is 1. The minimum Gasteiger partial charge on any atom is -0.493 e. The van der Waals surface area contributed by atoms with Crippen molar-refractivity contribution in [3.8, 4) is 5.75 Å². The van der Waals surface area contributed by atoms with Gasteiger partial charge in [0.25, 0.3) is 5.24 Å². The van der Waals surface area contributed by atoms with E-state index in [0.717, 1.165) is 23.2 Å². The van der Waals surface area contributed by atoms with Gasteiger partial charge in [-0.1, -0.05) is 25.1 Å². The van der Waals surface area contributed by atoms with Crippen molar-refractivity contribution in [3.63, 3.8) is 0 Å². The summed E-state index contributed by atoms with van der Waals surface area (Å²) in [6.45, 7) is 3.93. The van der Waals surface area contributed by atoms with Crippen molar-refractivity contribution in [1.82, 2.24) is 10.3 Å². The van der Waals surface area contributed by atoms with Gasteiger partial charge in [0.2, 0.25) is 5.12 Å². The van der Waals surface area contributed by atoms with Crippen molar-refractivity contribution in [3.05, 3.63) is 59.4 Å². The number of rotatable bonds is 9. The summed E-state index contributed by atoms with van der Waals surface area (Å²) in [5.74, 6) is 0.122. The molecule has 1 N–H and O–H groups in total. The molecule has 2 atom stereocenters. The number of benzene rings is 1. The summed E-state index contributed by atoms with van der Waals surface area (Å²) in [5.41, 5.74) is 2.87. The summed E-state index contributed by atoms with van der Waals surface area (Å²) in [4.78, 5) is 38.7. The van der Waals surface area contributed by atoms with Crippen LogP contribution < -0.4 is 10.1 Å². The highest BCUT2D eigenvalue weighted by molar-refractivity contribution is 8.26. The topological polar surface area (TPSA) is 94.6 Å². The van der Waals surface area contributed by atoms with E-state index in [-0.39, 0.29) is 28.8 Å².